The summed E-state index contributed by atoms with van der Waals surface area (Å²) >= 11 is 0. The summed E-state index contributed by atoms with van der Waals surface area (Å²) in [5, 5.41) is 8.87. The fourth-order valence-corrected chi connectivity index (χ4v) is 1.14. The van der Waals surface area contributed by atoms with Gasteiger partial charge in [0.1, 0.15) is 0 Å². The molecule has 1 N–H and O–H groups in total. The summed E-state index contributed by atoms with van der Waals surface area (Å²) in [6.45, 7) is 3.39. The van der Waals surface area contributed by atoms with Gasteiger partial charge >= 0.3 is 29.6 Å². The molecule has 0 spiro atoms. The summed E-state index contributed by atoms with van der Waals surface area (Å²) < 4.78 is 35.0. The molecule has 13 heavy (non-hydrogen) atoms. The van der Waals surface area contributed by atoms with Crippen LogP contribution in [0, 0.1) is 0 Å². The smallest absolute Gasteiger partial charge is 0.748 e. The maximum atomic E-state index is 10.1. The minimum atomic E-state index is -4.37. The number of ether oxygens (including phenoxy) is 1. The van der Waals surface area contributed by atoms with Gasteiger partial charge in [-0.2, -0.15) is 0 Å². The summed E-state index contributed by atoms with van der Waals surface area (Å²) in [5.41, 5.74) is 0. The number of hydrogen-bond acceptors (Lipinski definition) is 5. The van der Waals surface area contributed by atoms with Crippen LogP contribution in [0.2, 0.25) is 0 Å². The van der Waals surface area contributed by atoms with Gasteiger partial charge in [-0.3, -0.25) is 0 Å². The van der Waals surface area contributed by atoms with E-state index in [9.17, 15) is 13.0 Å². The molecule has 0 fully saturated rings. The first-order chi connectivity index (χ1) is 5.45. The summed E-state index contributed by atoms with van der Waals surface area (Å²) in [4.78, 5) is 0. The van der Waals surface area contributed by atoms with E-state index in [1.54, 1.807) is 0 Å². The van der Waals surface area contributed by atoms with Crippen molar-refractivity contribution in [1.29, 1.82) is 0 Å². The average molecular weight is 218 g/mol. The standard InChI is InChI=1S/C6H12O5S.Na/c1-2-3-11-4-6(7)5-12(8,9)10;/h2,6-7H,1,3-5H2,(H,8,9,10);/q;+1/p-1. The van der Waals surface area contributed by atoms with Gasteiger partial charge in [0, 0.05) is 0 Å². The van der Waals surface area contributed by atoms with Crippen LogP contribution >= 0.6 is 0 Å². The van der Waals surface area contributed by atoms with E-state index in [0.717, 1.165) is 0 Å². The van der Waals surface area contributed by atoms with Crippen molar-refractivity contribution in [3.63, 3.8) is 0 Å². The minimum Gasteiger partial charge on any atom is -0.748 e. The molecule has 0 bridgehead atoms. The van der Waals surface area contributed by atoms with E-state index in [1.807, 2.05) is 0 Å². The first-order valence-electron chi connectivity index (χ1n) is 3.26. The molecule has 72 valence electrons. The second-order valence-corrected chi connectivity index (χ2v) is 3.65. The van der Waals surface area contributed by atoms with Crippen LogP contribution in [0.1, 0.15) is 0 Å². The van der Waals surface area contributed by atoms with Crippen LogP contribution in [0.5, 0.6) is 0 Å². The van der Waals surface area contributed by atoms with Crippen molar-refractivity contribution in [2.24, 2.45) is 0 Å². The molecular formula is C6H11NaO5S. The van der Waals surface area contributed by atoms with Crippen LogP contribution in [0.3, 0.4) is 0 Å². The van der Waals surface area contributed by atoms with Gasteiger partial charge in [-0.25, -0.2) is 8.42 Å². The van der Waals surface area contributed by atoms with Gasteiger partial charge in [0.05, 0.1) is 35.2 Å². The van der Waals surface area contributed by atoms with Gasteiger partial charge in [-0.05, 0) is 0 Å². The molecule has 0 heterocycles. The molecule has 7 heteroatoms. The maximum Gasteiger partial charge on any atom is 1.00 e. The Morgan fingerprint density at radius 1 is 1.62 bits per heavy atom. The molecule has 0 aromatic rings. The third-order valence-corrected chi connectivity index (χ3v) is 1.74. The molecule has 0 aliphatic rings. The van der Waals surface area contributed by atoms with Gasteiger partial charge in [0.15, 0.2) is 0 Å². The summed E-state index contributed by atoms with van der Waals surface area (Å²) in [6.07, 6.45) is 0.200. The fourth-order valence-electron chi connectivity index (χ4n) is 0.571. The third kappa shape index (κ3) is 12.6. The number of aliphatic hydroxyl groups excluding tert-OH is 1. The van der Waals surface area contributed by atoms with E-state index in [4.69, 9.17) is 9.84 Å². The number of hydrogen-bond donors (Lipinski definition) is 1. The zero-order valence-electron chi connectivity index (χ0n) is 7.47. The van der Waals surface area contributed by atoms with E-state index in [2.05, 4.69) is 6.58 Å². The first-order valence-corrected chi connectivity index (χ1v) is 4.83. The van der Waals surface area contributed by atoms with Crippen molar-refractivity contribution in [1.82, 2.24) is 0 Å². The molecule has 1 atom stereocenters. The van der Waals surface area contributed by atoms with E-state index in [0.29, 0.717) is 0 Å². The Morgan fingerprint density at radius 3 is 2.54 bits per heavy atom. The van der Waals surface area contributed by atoms with Crippen LogP contribution in [0.25, 0.3) is 0 Å². The maximum absolute atomic E-state index is 10.1. The molecule has 0 aromatic heterocycles. The quantitative estimate of drug-likeness (QED) is 0.213. The summed E-state index contributed by atoms with van der Waals surface area (Å²) in [7, 11) is -4.37. The van der Waals surface area contributed by atoms with Crippen LogP contribution in [0.15, 0.2) is 12.7 Å². The van der Waals surface area contributed by atoms with E-state index >= 15 is 0 Å². The zero-order chi connectivity index (χ0) is 9.61. The van der Waals surface area contributed by atoms with Crippen LogP contribution in [-0.2, 0) is 14.9 Å². The van der Waals surface area contributed by atoms with Crippen molar-refractivity contribution in [3.05, 3.63) is 12.7 Å². The minimum absolute atomic E-state index is 0. The van der Waals surface area contributed by atoms with Gasteiger partial charge in [-0.1, -0.05) is 6.08 Å². The Kier molecular flexibility index (Phi) is 9.77. The SMILES string of the molecule is C=CCOCC(O)CS(=O)(=O)[O-].[Na+]. The first kappa shape index (κ1) is 16.0. The van der Waals surface area contributed by atoms with Crippen LogP contribution < -0.4 is 29.6 Å². The Bertz CT molecular complexity index is 225. The molecule has 5 nitrogen and oxygen atoms in total. The molecule has 0 saturated carbocycles. The van der Waals surface area contributed by atoms with Crippen LogP contribution in [0.4, 0.5) is 0 Å². The summed E-state index contributed by atoms with van der Waals surface area (Å²) in [5.74, 6) is -0.815. The molecule has 1 unspecified atom stereocenters. The Hall–Kier alpha value is 0.570. The van der Waals surface area contributed by atoms with Crippen molar-refractivity contribution >= 4 is 10.1 Å². The predicted octanol–water partition coefficient (Wildman–Crippen LogP) is -3.90. The second kappa shape index (κ2) is 7.93. The fraction of sp³-hybridized carbons (Fsp3) is 0.667. The average Bonchev–Trinajstić information content (AvgIpc) is 1.84. The van der Waals surface area contributed by atoms with Crippen molar-refractivity contribution in [3.8, 4) is 0 Å². The van der Waals surface area contributed by atoms with Gasteiger partial charge in [0.25, 0.3) is 0 Å². The topological polar surface area (TPSA) is 86.7 Å². The molecule has 0 amide bonds. The summed E-state index contributed by atoms with van der Waals surface area (Å²) in [6, 6.07) is 0. The van der Waals surface area contributed by atoms with E-state index in [1.165, 1.54) is 6.08 Å². The molecule has 0 radical (unpaired) electrons. The van der Waals surface area contributed by atoms with Gasteiger partial charge in [-0.15, -0.1) is 6.58 Å². The number of rotatable bonds is 6. The molecular weight excluding hydrogens is 207 g/mol. The van der Waals surface area contributed by atoms with Gasteiger partial charge < -0.3 is 14.4 Å². The molecule has 0 aromatic carbocycles. The number of aliphatic hydroxyl groups is 1. The Labute approximate surface area is 99.8 Å². The second-order valence-electron chi connectivity index (χ2n) is 2.20. The molecule has 0 aliphatic heterocycles. The largest absolute Gasteiger partial charge is 1.00 e. The van der Waals surface area contributed by atoms with Crippen LogP contribution in [-0.4, -0.2) is 43.1 Å². The van der Waals surface area contributed by atoms with Crippen molar-refractivity contribution in [2.45, 2.75) is 6.10 Å². The molecule has 0 rings (SSSR count). The Balaban J connectivity index is 0. The molecule has 0 aliphatic carbocycles. The predicted molar refractivity (Wildman–Crippen MR) is 41.6 cm³/mol. The third-order valence-electron chi connectivity index (χ3n) is 0.942. The van der Waals surface area contributed by atoms with E-state index < -0.39 is 22.0 Å². The monoisotopic (exact) mass is 218 g/mol. The van der Waals surface area contributed by atoms with Crippen molar-refractivity contribution < 1.29 is 52.4 Å². The van der Waals surface area contributed by atoms with Crippen molar-refractivity contribution in [2.75, 3.05) is 19.0 Å². The van der Waals surface area contributed by atoms with E-state index in [-0.39, 0.29) is 42.8 Å². The Morgan fingerprint density at radius 2 is 2.15 bits per heavy atom. The zero-order valence-corrected chi connectivity index (χ0v) is 10.3. The van der Waals surface area contributed by atoms with Gasteiger partial charge in [0.2, 0.25) is 0 Å². The normalized spacial score (nSPS) is 13.1. The molecule has 0 saturated heterocycles.